The van der Waals surface area contributed by atoms with Crippen molar-refractivity contribution in [1.29, 1.82) is 5.26 Å². The van der Waals surface area contributed by atoms with Gasteiger partial charge in [0.05, 0.1) is 22.3 Å². The van der Waals surface area contributed by atoms with E-state index in [9.17, 15) is 14.9 Å². The molecule has 0 aliphatic carbocycles. The number of nitrogens with zero attached hydrogens (tertiary/aromatic N) is 2. The number of halogens is 2. The summed E-state index contributed by atoms with van der Waals surface area (Å²) in [6.07, 6.45) is 1.49. The van der Waals surface area contributed by atoms with Gasteiger partial charge in [0.2, 0.25) is 11.8 Å². The number of hydrazone groups is 1. The number of carbonyl (C=O) groups is 2. The number of benzene rings is 3. The molecule has 34 heavy (non-hydrogen) atoms. The second-order valence-corrected chi connectivity index (χ2v) is 8.39. The van der Waals surface area contributed by atoms with Gasteiger partial charge in [-0.2, -0.15) is 10.4 Å². The number of rotatable bonds is 9. The Labute approximate surface area is 210 Å². The van der Waals surface area contributed by atoms with Gasteiger partial charge in [-0.1, -0.05) is 35.9 Å². The first-order valence-corrected chi connectivity index (χ1v) is 11.4. The summed E-state index contributed by atoms with van der Waals surface area (Å²) in [5.74, 6) is -0.0642. The second-order valence-electron chi connectivity index (χ2n) is 7.10. The molecule has 0 saturated heterocycles. The monoisotopic (exact) mass is 538 g/mol. The maximum absolute atomic E-state index is 12.0. The zero-order valence-electron chi connectivity index (χ0n) is 17.9. The molecule has 7 nitrogen and oxygen atoms in total. The lowest BCUT2D eigenvalue weighted by molar-refractivity contribution is -0.124. The van der Waals surface area contributed by atoms with Crippen molar-refractivity contribution in [3.8, 4) is 11.8 Å². The van der Waals surface area contributed by atoms with Crippen molar-refractivity contribution in [2.75, 3.05) is 5.32 Å². The highest BCUT2D eigenvalue weighted by Gasteiger charge is 2.08. The van der Waals surface area contributed by atoms with Crippen LogP contribution in [0.5, 0.6) is 5.75 Å². The molecule has 3 rings (SSSR count). The number of nitriles is 1. The number of ether oxygens (including phenoxy) is 1. The van der Waals surface area contributed by atoms with Gasteiger partial charge in [0.15, 0.2) is 0 Å². The summed E-state index contributed by atoms with van der Waals surface area (Å²) in [6, 6.07) is 21.5. The summed E-state index contributed by atoms with van der Waals surface area (Å²) in [7, 11) is 0. The minimum Gasteiger partial charge on any atom is -0.488 e. The fraction of sp³-hybridized carbons (Fsp3) is 0.120. The third-order valence-corrected chi connectivity index (χ3v) is 5.42. The zero-order chi connectivity index (χ0) is 24.3. The van der Waals surface area contributed by atoms with E-state index in [4.69, 9.17) is 16.3 Å². The molecule has 0 aliphatic heterocycles. The largest absolute Gasteiger partial charge is 0.488 e. The van der Waals surface area contributed by atoms with Gasteiger partial charge in [-0.25, -0.2) is 5.43 Å². The van der Waals surface area contributed by atoms with Crippen molar-refractivity contribution < 1.29 is 14.3 Å². The minimum absolute atomic E-state index is 0.00954. The van der Waals surface area contributed by atoms with Crippen LogP contribution in [0.1, 0.15) is 29.5 Å². The van der Waals surface area contributed by atoms with E-state index in [-0.39, 0.29) is 31.3 Å². The highest BCUT2D eigenvalue weighted by molar-refractivity contribution is 9.10. The van der Waals surface area contributed by atoms with E-state index in [1.165, 1.54) is 6.21 Å². The molecule has 0 aromatic heterocycles. The van der Waals surface area contributed by atoms with Crippen LogP contribution < -0.4 is 15.5 Å². The Balaban J connectivity index is 1.45. The van der Waals surface area contributed by atoms with E-state index >= 15 is 0 Å². The fourth-order valence-corrected chi connectivity index (χ4v) is 3.58. The number of hydrogen-bond acceptors (Lipinski definition) is 5. The molecule has 0 radical (unpaired) electrons. The molecule has 0 bridgehead atoms. The Kier molecular flexibility index (Phi) is 9.21. The smallest absolute Gasteiger partial charge is 0.240 e. The summed E-state index contributed by atoms with van der Waals surface area (Å²) >= 11 is 9.34. The quantitative estimate of drug-likeness (QED) is 0.280. The average molecular weight is 540 g/mol. The van der Waals surface area contributed by atoms with Gasteiger partial charge in [-0.3, -0.25) is 9.59 Å². The molecule has 2 amide bonds. The first kappa shape index (κ1) is 25.0. The zero-order valence-corrected chi connectivity index (χ0v) is 20.3. The molecule has 172 valence electrons. The summed E-state index contributed by atoms with van der Waals surface area (Å²) < 4.78 is 6.51. The summed E-state index contributed by atoms with van der Waals surface area (Å²) in [6.45, 7) is 0.261. The van der Waals surface area contributed by atoms with Crippen molar-refractivity contribution in [2.45, 2.75) is 19.4 Å². The Bertz CT molecular complexity index is 1260. The van der Waals surface area contributed by atoms with Crippen LogP contribution in [-0.4, -0.2) is 18.0 Å². The summed E-state index contributed by atoms with van der Waals surface area (Å²) in [5.41, 5.74) is 5.08. The molecule has 2 N–H and O–H groups in total. The van der Waals surface area contributed by atoms with Crippen molar-refractivity contribution >= 4 is 51.2 Å². The fourth-order valence-electron chi connectivity index (χ4n) is 2.88. The van der Waals surface area contributed by atoms with E-state index in [2.05, 4.69) is 37.8 Å². The van der Waals surface area contributed by atoms with Crippen molar-refractivity contribution in [3.63, 3.8) is 0 Å². The molecule has 0 heterocycles. The number of carbonyl (C=O) groups excluding carboxylic acids is 2. The van der Waals surface area contributed by atoms with E-state index in [0.717, 1.165) is 11.1 Å². The molecule has 3 aromatic rings. The van der Waals surface area contributed by atoms with Gasteiger partial charge in [0.1, 0.15) is 12.4 Å². The van der Waals surface area contributed by atoms with E-state index in [0.29, 0.717) is 26.5 Å². The van der Waals surface area contributed by atoms with Crippen LogP contribution in [0.4, 0.5) is 5.69 Å². The molecule has 0 fully saturated rings. The molecule has 0 spiro atoms. The Morgan fingerprint density at radius 3 is 2.62 bits per heavy atom. The van der Waals surface area contributed by atoms with Crippen LogP contribution in [0.25, 0.3) is 0 Å². The SMILES string of the molecule is N#Cc1ccccc1COc1ccc(C=NNC(=O)CCC(=O)Nc2cccc(Cl)c2)cc1Br. The molecule has 0 saturated carbocycles. The van der Waals surface area contributed by atoms with Gasteiger partial charge in [0, 0.05) is 29.1 Å². The molecular weight excluding hydrogens is 520 g/mol. The summed E-state index contributed by atoms with van der Waals surface area (Å²) in [4.78, 5) is 23.9. The average Bonchev–Trinajstić information content (AvgIpc) is 2.82. The molecular formula is C25H20BrClN4O3. The standard InChI is InChI=1S/C25H20BrClN4O3/c26-22-12-17(8-9-23(22)34-16-19-5-2-1-4-18(19)14-28)15-29-31-25(33)11-10-24(32)30-21-7-3-6-20(27)13-21/h1-9,12-13,15H,10-11,16H2,(H,30,32)(H,31,33). The Hall–Kier alpha value is -3.67. The normalized spacial score (nSPS) is 10.5. The first-order valence-electron chi connectivity index (χ1n) is 10.2. The number of hydrogen-bond donors (Lipinski definition) is 2. The number of anilines is 1. The number of nitrogens with one attached hydrogen (secondary N) is 2. The van der Waals surface area contributed by atoms with Crippen LogP contribution in [0.3, 0.4) is 0 Å². The molecule has 9 heteroatoms. The number of amides is 2. The molecule has 0 atom stereocenters. The lowest BCUT2D eigenvalue weighted by Crippen LogP contribution is -2.20. The second kappa shape index (κ2) is 12.5. The molecule has 0 unspecified atom stereocenters. The summed E-state index contributed by atoms with van der Waals surface area (Å²) in [5, 5.41) is 16.3. The van der Waals surface area contributed by atoms with Gasteiger partial charge in [0.25, 0.3) is 0 Å². The maximum Gasteiger partial charge on any atom is 0.240 e. The van der Waals surface area contributed by atoms with Crippen molar-refractivity contribution in [3.05, 3.63) is 92.9 Å². The maximum atomic E-state index is 12.0. The highest BCUT2D eigenvalue weighted by atomic mass is 79.9. The van der Waals surface area contributed by atoms with Crippen LogP contribution in [-0.2, 0) is 16.2 Å². The van der Waals surface area contributed by atoms with Gasteiger partial charge in [-0.15, -0.1) is 0 Å². The van der Waals surface area contributed by atoms with Crippen molar-refractivity contribution in [1.82, 2.24) is 5.43 Å². The predicted molar refractivity (Wildman–Crippen MR) is 135 cm³/mol. The van der Waals surface area contributed by atoms with Crippen LogP contribution in [0.15, 0.2) is 76.3 Å². The Morgan fingerprint density at radius 2 is 1.85 bits per heavy atom. The lowest BCUT2D eigenvalue weighted by atomic mass is 10.1. The third-order valence-electron chi connectivity index (χ3n) is 4.57. The molecule has 3 aromatic carbocycles. The lowest BCUT2D eigenvalue weighted by Gasteiger charge is -2.10. The van der Waals surface area contributed by atoms with Crippen LogP contribution in [0, 0.1) is 11.3 Å². The van der Waals surface area contributed by atoms with Crippen LogP contribution >= 0.6 is 27.5 Å². The van der Waals surface area contributed by atoms with E-state index in [1.54, 1.807) is 54.6 Å². The molecule has 0 aliphatic rings. The van der Waals surface area contributed by atoms with Crippen LogP contribution in [0.2, 0.25) is 5.02 Å². The Morgan fingerprint density at radius 1 is 1.06 bits per heavy atom. The van der Waals surface area contributed by atoms with E-state index < -0.39 is 0 Å². The highest BCUT2D eigenvalue weighted by Crippen LogP contribution is 2.26. The topological polar surface area (TPSA) is 104 Å². The first-order chi connectivity index (χ1) is 16.4. The van der Waals surface area contributed by atoms with Crippen molar-refractivity contribution in [2.24, 2.45) is 5.10 Å². The van der Waals surface area contributed by atoms with E-state index in [1.807, 2.05) is 12.1 Å². The van der Waals surface area contributed by atoms with Gasteiger partial charge < -0.3 is 10.1 Å². The third kappa shape index (κ3) is 7.73. The minimum atomic E-state index is -0.382. The predicted octanol–water partition coefficient (Wildman–Crippen LogP) is 5.42. The van der Waals surface area contributed by atoms with Gasteiger partial charge in [-0.05, 0) is 64.0 Å². The van der Waals surface area contributed by atoms with Gasteiger partial charge >= 0.3 is 0 Å².